The Bertz CT molecular complexity index is 363. The van der Waals surface area contributed by atoms with Crippen LogP contribution in [0.5, 0.6) is 0 Å². The molecule has 1 fully saturated rings. The van der Waals surface area contributed by atoms with Crippen LogP contribution in [0.3, 0.4) is 0 Å². The largest absolute Gasteiger partial charge is 0.330 e. The molecule has 0 spiro atoms. The van der Waals surface area contributed by atoms with Gasteiger partial charge in [-0.3, -0.25) is 0 Å². The number of nitrogens with two attached hydrogens (primary N) is 1. The zero-order valence-corrected chi connectivity index (χ0v) is 8.66. The Balaban J connectivity index is 2.02. The van der Waals surface area contributed by atoms with Gasteiger partial charge in [-0.05, 0) is 25.2 Å². The van der Waals surface area contributed by atoms with Gasteiger partial charge in [-0.15, -0.1) is 0 Å². The Labute approximate surface area is 84.3 Å². The van der Waals surface area contributed by atoms with Crippen LogP contribution >= 0.6 is 0 Å². The van der Waals surface area contributed by atoms with Crippen LogP contribution in [0.25, 0.3) is 0 Å². The summed E-state index contributed by atoms with van der Waals surface area (Å²) >= 11 is 0. The highest BCUT2D eigenvalue weighted by Gasteiger charge is 2.43. The maximum Gasteiger partial charge on any atom is 0.108 e. The van der Waals surface area contributed by atoms with E-state index in [2.05, 4.69) is 16.5 Å². The molecule has 1 saturated carbocycles. The summed E-state index contributed by atoms with van der Waals surface area (Å²) in [5.74, 6) is 2.02. The molecule has 1 aliphatic carbocycles. The van der Waals surface area contributed by atoms with Gasteiger partial charge in [0.15, 0.2) is 0 Å². The smallest absolute Gasteiger partial charge is 0.108 e. The third-order valence-corrected chi connectivity index (χ3v) is 3.59. The first-order valence-electron chi connectivity index (χ1n) is 5.53. The molecule has 76 valence electrons. The van der Waals surface area contributed by atoms with E-state index in [0.29, 0.717) is 0 Å². The van der Waals surface area contributed by atoms with Gasteiger partial charge in [0.1, 0.15) is 5.82 Å². The molecule has 2 N–H and O–H groups in total. The molecule has 14 heavy (non-hydrogen) atoms. The number of aryl methyl sites for hydroxylation is 1. The summed E-state index contributed by atoms with van der Waals surface area (Å²) in [5, 5.41) is 0. The first-order valence-corrected chi connectivity index (χ1v) is 5.53. The SMILES string of the molecule is CC1CCc2ncc(C3(N)CC3)n2C1. The van der Waals surface area contributed by atoms with Gasteiger partial charge in [-0.25, -0.2) is 4.98 Å². The number of aromatic nitrogens is 2. The fourth-order valence-corrected chi connectivity index (χ4v) is 2.38. The average molecular weight is 191 g/mol. The van der Waals surface area contributed by atoms with Crippen LogP contribution in [-0.2, 0) is 18.5 Å². The third kappa shape index (κ3) is 1.12. The van der Waals surface area contributed by atoms with Crippen LogP contribution in [0.1, 0.15) is 37.7 Å². The van der Waals surface area contributed by atoms with Crippen LogP contribution in [-0.4, -0.2) is 9.55 Å². The van der Waals surface area contributed by atoms with Crippen molar-refractivity contribution in [3.63, 3.8) is 0 Å². The van der Waals surface area contributed by atoms with Crippen LogP contribution < -0.4 is 5.73 Å². The Kier molecular flexibility index (Phi) is 1.57. The van der Waals surface area contributed by atoms with Crippen LogP contribution in [0.15, 0.2) is 6.20 Å². The second-order valence-electron chi connectivity index (χ2n) is 4.97. The summed E-state index contributed by atoms with van der Waals surface area (Å²) in [6, 6.07) is 0. The number of nitrogens with zero attached hydrogens (tertiary/aromatic N) is 2. The molecule has 3 nitrogen and oxygen atoms in total. The summed E-state index contributed by atoms with van der Waals surface area (Å²) < 4.78 is 2.36. The summed E-state index contributed by atoms with van der Waals surface area (Å²) in [6.45, 7) is 3.42. The van der Waals surface area contributed by atoms with Gasteiger partial charge >= 0.3 is 0 Å². The van der Waals surface area contributed by atoms with E-state index in [1.54, 1.807) is 0 Å². The first kappa shape index (κ1) is 8.48. The standard InChI is InChI=1S/C11H17N3/c1-8-2-3-10-13-6-9(14(10)7-8)11(12)4-5-11/h6,8H,2-5,7,12H2,1H3. The van der Waals surface area contributed by atoms with E-state index < -0.39 is 0 Å². The Morgan fingerprint density at radius 1 is 1.57 bits per heavy atom. The van der Waals surface area contributed by atoms with Crippen LogP contribution in [0.4, 0.5) is 0 Å². The topological polar surface area (TPSA) is 43.8 Å². The molecule has 1 aromatic rings. The Hall–Kier alpha value is -0.830. The van der Waals surface area contributed by atoms with Crippen molar-refractivity contribution in [2.75, 3.05) is 0 Å². The fourth-order valence-electron chi connectivity index (χ4n) is 2.38. The second kappa shape index (κ2) is 2.60. The van der Waals surface area contributed by atoms with Crippen molar-refractivity contribution in [3.05, 3.63) is 17.7 Å². The Morgan fingerprint density at radius 2 is 2.36 bits per heavy atom. The van der Waals surface area contributed by atoms with Gasteiger partial charge in [0, 0.05) is 13.0 Å². The first-order chi connectivity index (χ1) is 6.69. The van der Waals surface area contributed by atoms with Crippen molar-refractivity contribution in [3.8, 4) is 0 Å². The van der Waals surface area contributed by atoms with Gasteiger partial charge in [0.2, 0.25) is 0 Å². The van der Waals surface area contributed by atoms with Gasteiger partial charge in [0.25, 0.3) is 0 Å². The van der Waals surface area contributed by atoms with Crippen molar-refractivity contribution < 1.29 is 0 Å². The molecule has 0 amide bonds. The van der Waals surface area contributed by atoms with E-state index >= 15 is 0 Å². The molecule has 0 aromatic carbocycles. The maximum absolute atomic E-state index is 6.22. The summed E-state index contributed by atoms with van der Waals surface area (Å²) in [5.41, 5.74) is 7.47. The summed E-state index contributed by atoms with van der Waals surface area (Å²) in [7, 11) is 0. The number of fused-ring (bicyclic) bond motifs is 1. The van der Waals surface area contributed by atoms with E-state index in [4.69, 9.17) is 5.73 Å². The number of rotatable bonds is 1. The molecule has 1 aliphatic heterocycles. The molecule has 0 saturated heterocycles. The normalized spacial score (nSPS) is 28.6. The molecule has 1 aromatic heterocycles. The summed E-state index contributed by atoms with van der Waals surface area (Å²) in [6.07, 6.45) is 6.66. The van der Waals surface area contributed by atoms with E-state index in [1.807, 2.05) is 6.20 Å². The minimum atomic E-state index is -0.0255. The predicted molar refractivity (Wildman–Crippen MR) is 54.8 cm³/mol. The van der Waals surface area contributed by atoms with Gasteiger partial charge in [-0.2, -0.15) is 0 Å². The second-order valence-corrected chi connectivity index (χ2v) is 4.97. The average Bonchev–Trinajstić information content (AvgIpc) is 2.77. The maximum atomic E-state index is 6.22. The minimum Gasteiger partial charge on any atom is -0.330 e. The van der Waals surface area contributed by atoms with Gasteiger partial charge in [-0.1, -0.05) is 6.92 Å². The van der Waals surface area contributed by atoms with Crippen molar-refractivity contribution in [2.24, 2.45) is 11.7 Å². The highest BCUT2D eigenvalue weighted by Crippen LogP contribution is 2.43. The highest BCUT2D eigenvalue weighted by atomic mass is 15.1. The zero-order chi connectivity index (χ0) is 9.76. The van der Waals surface area contributed by atoms with Crippen molar-refractivity contribution in [2.45, 2.75) is 44.7 Å². The Morgan fingerprint density at radius 3 is 3.07 bits per heavy atom. The lowest BCUT2D eigenvalue weighted by Gasteiger charge is -2.23. The van der Waals surface area contributed by atoms with Crippen LogP contribution in [0.2, 0.25) is 0 Å². The highest BCUT2D eigenvalue weighted by molar-refractivity contribution is 5.23. The number of imidazole rings is 1. The lowest BCUT2D eigenvalue weighted by atomic mass is 10.0. The lowest BCUT2D eigenvalue weighted by molar-refractivity contribution is 0.379. The minimum absolute atomic E-state index is 0.0255. The third-order valence-electron chi connectivity index (χ3n) is 3.59. The molecule has 0 bridgehead atoms. The molecule has 0 radical (unpaired) electrons. The zero-order valence-electron chi connectivity index (χ0n) is 8.66. The molecule has 3 rings (SSSR count). The monoisotopic (exact) mass is 191 g/mol. The molecule has 1 atom stereocenters. The molecule has 2 heterocycles. The molecular weight excluding hydrogens is 174 g/mol. The van der Waals surface area contributed by atoms with Crippen LogP contribution in [0, 0.1) is 5.92 Å². The van der Waals surface area contributed by atoms with Crippen molar-refractivity contribution >= 4 is 0 Å². The van der Waals surface area contributed by atoms with E-state index in [-0.39, 0.29) is 5.54 Å². The molecule has 3 heteroatoms. The quantitative estimate of drug-likeness (QED) is 0.729. The lowest BCUT2D eigenvalue weighted by Crippen LogP contribution is -2.27. The van der Waals surface area contributed by atoms with Gasteiger partial charge in [0.05, 0.1) is 17.4 Å². The number of hydrogen-bond acceptors (Lipinski definition) is 2. The van der Waals surface area contributed by atoms with E-state index in [0.717, 1.165) is 31.7 Å². The van der Waals surface area contributed by atoms with E-state index in [9.17, 15) is 0 Å². The van der Waals surface area contributed by atoms with Crippen molar-refractivity contribution in [1.29, 1.82) is 0 Å². The fraction of sp³-hybridized carbons (Fsp3) is 0.727. The predicted octanol–water partition coefficient (Wildman–Crippen LogP) is 1.41. The van der Waals surface area contributed by atoms with E-state index in [1.165, 1.54) is 17.9 Å². The molecule has 1 unspecified atom stereocenters. The molecule has 2 aliphatic rings. The summed E-state index contributed by atoms with van der Waals surface area (Å²) in [4.78, 5) is 4.48. The molecular formula is C11H17N3. The number of hydrogen-bond donors (Lipinski definition) is 1. The van der Waals surface area contributed by atoms with Gasteiger partial charge < -0.3 is 10.3 Å². The van der Waals surface area contributed by atoms with Crippen molar-refractivity contribution in [1.82, 2.24) is 9.55 Å².